The summed E-state index contributed by atoms with van der Waals surface area (Å²) in [6.45, 7) is 3.38. The van der Waals surface area contributed by atoms with Crippen LogP contribution in [0.15, 0.2) is 12.1 Å². The van der Waals surface area contributed by atoms with Crippen LogP contribution in [0.3, 0.4) is 0 Å². The number of hydrogen-bond donors (Lipinski definition) is 1. The number of methoxy groups -OCH3 is 3. The Morgan fingerprint density at radius 1 is 0.923 bits per heavy atom. The minimum atomic E-state index is 0.568. The maximum absolute atomic E-state index is 5.67. The summed E-state index contributed by atoms with van der Waals surface area (Å²) in [6.07, 6.45) is 8.90. The van der Waals surface area contributed by atoms with Crippen LogP contribution in [0.4, 0.5) is 0 Å². The van der Waals surface area contributed by atoms with Crippen molar-refractivity contribution in [1.29, 1.82) is 0 Å². The van der Waals surface area contributed by atoms with Crippen LogP contribution in [-0.4, -0.2) is 27.4 Å². The van der Waals surface area contributed by atoms with Gasteiger partial charge in [-0.25, -0.2) is 0 Å². The molecule has 0 spiro atoms. The highest BCUT2D eigenvalue weighted by molar-refractivity contribution is 5.55. The van der Waals surface area contributed by atoms with Gasteiger partial charge in [0.1, 0.15) is 6.54 Å². The summed E-state index contributed by atoms with van der Waals surface area (Å²) in [4.78, 5) is 0. The van der Waals surface area contributed by atoms with Gasteiger partial charge in [-0.2, -0.15) is 0 Å². The van der Waals surface area contributed by atoms with Crippen molar-refractivity contribution >= 4 is 0 Å². The van der Waals surface area contributed by atoms with E-state index in [4.69, 9.17) is 14.2 Å². The van der Waals surface area contributed by atoms with Crippen molar-refractivity contribution < 1.29 is 19.5 Å². The summed E-state index contributed by atoms with van der Waals surface area (Å²) in [6, 6.07) is 4.76. The van der Waals surface area contributed by atoms with Gasteiger partial charge < -0.3 is 19.5 Å². The topological polar surface area (TPSA) is 44.3 Å². The first-order valence-electron chi connectivity index (χ1n) is 10.2. The molecule has 1 aromatic carbocycles. The van der Waals surface area contributed by atoms with Crippen molar-refractivity contribution in [3.05, 3.63) is 17.7 Å². The maximum Gasteiger partial charge on any atom is 0.203 e. The first-order chi connectivity index (χ1) is 12.6. The van der Waals surface area contributed by atoms with Crippen LogP contribution in [0.1, 0.15) is 51.0 Å². The highest BCUT2D eigenvalue weighted by atomic mass is 16.5. The quantitative estimate of drug-likeness (QED) is 0.811. The van der Waals surface area contributed by atoms with Gasteiger partial charge in [0.15, 0.2) is 11.5 Å². The van der Waals surface area contributed by atoms with Crippen molar-refractivity contribution in [1.82, 2.24) is 0 Å². The van der Waals surface area contributed by atoms with Gasteiger partial charge >= 0.3 is 0 Å². The molecule has 0 heterocycles. The van der Waals surface area contributed by atoms with Crippen molar-refractivity contribution in [3.63, 3.8) is 0 Å². The zero-order chi connectivity index (χ0) is 18.3. The molecular formula is C22H34NO3+. The first kappa shape index (κ1) is 18.0. The third kappa shape index (κ3) is 2.96. The predicted octanol–water partition coefficient (Wildman–Crippen LogP) is 3.38. The van der Waals surface area contributed by atoms with Gasteiger partial charge in [-0.15, -0.1) is 0 Å². The van der Waals surface area contributed by atoms with E-state index in [0.717, 1.165) is 35.8 Å². The molecule has 0 aliphatic heterocycles. The van der Waals surface area contributed by atoms with Gasteiger partial charge in [0.25, 0.3) is 0 Å². The number of rotatable bonds is 7. The summed E-state index contributed by atoms with van der Waals surface area (Å²) in [5.74, 6) is 5.25. The SMILES string of the molecule is COc1ccc(C[NH2+][C@H](C)C23CC4CC(CC(C4)C2)C3)c(OC)c1OC. The summed E-state index contributed by atoms with van der Waals surface area (Å²) < 4.78 is 16.6. The molecule has 0 saturated heterocycles. The molecule has 4 nitrogen and oxygen atoms in total. The molecule has 1 aromatic rings. The Balaban J connectivity index is 1.49. The third-order valence-electron chi connectivity index (χ3n) is 7.53. The minimum Gasteiger partial charge on any atom is -0.493 e. The Bertz CT molecular complexity index is 622. The van der Waals surface area contributed by atoms with Crippen LogP contribution in [0.2, 0.25) is 0 Å². The molecule has 26 heavy (non-hydrogen) atoms. The smallest absolute Gasteiger partial charge is 0.203 e. The molecule has 0 amide bonds. The molecule has 144 valence electrons. The van der Waals surface area contributed by atoms with Crippen LogP contribution in [0.5, 0.6) is 17.2 Å². The van der Waals surface area contributed by atoms with Crippen molar-refractivity contribution in [2.24, 2.45) is 23.2 Å². The summed E-state index contributed by atoms with van der Waals surface area (Å²) in [5.41, 5.74) is 1.75. The van der Waals surface area contributed by atoms with Gasteiger partial charge in [-0.3, -0.25) is 0 Å². The van der Waals surface area contributed by atoms with Gasteiger partial charge in [0.2, 0.25) is 5.75 Å². The minimum absolute atomic E-state index is 0.568. The van der Waals surface area contributed by atoms with Crippen LogP contribution >= 0.6 is 0 Å². The molecule has 0 unspecified atom stereocenters. The highest BCUT2D eigenvalue weighted by Crippen LogP contribution is 2.60. The van der Waals surface area contributed by atoms with Crippen LogP contribution < -0.4 is 19.5 Å². The second kappa shape index (κ2) is 6.95. The summed E-state index contributed by atoms with van der Waals surface area (Å²) in [5, 5.41) is 2.54. The van der Waals surface area contributed by atoms with Gasteiger partial charge in [-0.05, 0) is 75.3 Å². The molecule has 4 heteroatoms. The molecule has 5 rings (SSSR count). The average Bonchev–Trinajstić information content (AvgIpc) is 2.63. The molecular weight excluding hydrogens is 326 g/mol. The van der Waals surface area contributed by atoms with Crippen LogP contribution in [-0.2, 0) is 6.54 Å². The number of ether oxygens (including phenoxy) is 3. The van der Waals surface area contributed by atoms with E-state index in [1.165, 1.54) is 44.1 Å². The number of benzene rings is 1. The fourth-order valence-corrected chi connectivity index (χ4v) is 6.61. The lowest BCUT2D eigenvalue weighted by Gasteiger charge is -2.57. The van der Waals surface area contributed by atoms with Gasteiger partial charge in [0, 0.05) is 5.41 Å². The standard InChI is InChI=1S/C22H33NO3/c1-14(22-10-15-7-16(11-22)9-17(8-15)12-22)23-13-18-5-6-19(24-2)21(26-4)20(18)25-3/h5-6,14-17,23H,7-13H2,1-4H3/p+1/t14-,15?,16?,17?,22?/m1/s1. The normalized spacial score (nSPS) is 33.2. The fourth-order valence-electron chi connectivity index (χ4n) is 6.61. The van der Waals surface area contributed by atoms with E-state index in [9.17, 15) is 0 Å². The van der Waals surface area contributed by atoms with Gasteiger partial charge in [0.05, 0.1) is 32.9 Å². The lowest BCUT2D eigenvalue weighted by atomic mass is 9.48. The molecule has 0 radical (unpaired) electrons. The molecule has 1 atom stereocenters. The highest BCUT2D eigenvalue weighted by Gasteiger charge is 2.54. The largest absolute Gasteiger partial charge is 0.493 e. The second-order valence-corrected chi connectivity index (χ2v) is 9.00. The summed E-state index contributed by atoms with van der Waals surface area (Å²) >= 11 is 0. The number of quaternary nitrogens is 1. The van der Waals surface area contributed by atoms with Crippen LogP contribution in [0, 0.1) is 23.2 Å². The van der Waals surface area contributed by atoms with E-state index >= 15 is 0 Å². The monoisotopic (exact) mass is 360 g/mol. The van der Waals surface area contributed by atoms with E-state index < -0.39 is 0 Å². The zero-order valence-electron chi connectivity index (χ0n) is 16.7. The molecule has 0 aromatic heterocycles. The van der Waals surface area contributed by atoms with E-state index in [1.54, 1.807) is 21.3 Å². The van der Waals surface area contributed by atoms with E-state index in [2.05, 4.69) is 18.3 Å². The number of hydrogen-bond acceptors (Lipinski definition) is 3. The van der Waals surface area contributed by atoms with Crippen molar-refractivity contribution in [3.8, 4) is 17.2 Å². The lowest BCUT2D eigenvalue weighted by Crippen LogP contribution is -2.91. The molecule has 2 N–H and O–H groups in total. The predicted molar refractivity (Wildman–Crippen MR) is 102 cm³/mol. The summed E-state index contributed by atoms with van der Waals surface area (Å²) in [7, 11) is 5.05. The number of nitrogens with two attached hydrogens (primary N) is 1. The fraction of sp³-hybridized carbons (Fsp3) is 0.727. The molecule has 4 aliphatic rings. The van der Waals surface area contributed by atoms with E-state index in [-0.39, 0.29) is 0 Å². The molecule has 4 saturated carbocycles. The molecule has 4 bridgehead atoms. The lowest BCUT2D eigenvalue weighted by molar-refractivity contribution is -0.717. The van der Waals surface area contributed by atoms with Crippen molar-refractivity contribution in [2.75, 3.05) is 21.3 Å². The Morgan fingerprint density at radius 3 is 2.00 bits per heavy atom. The Morgan fingerprint density at radius 2 is 1.50 bits per heavy atom. The molecule has 4 aliphatic carbocycles. The Kier molecular flexibility index (Phi) is 4.81. The first-order valence-corrected chi connectivity index (χ1v) is 10.2. The van der Waals surface area contributed by atoms with Crippen LogP contribution in [0.25, 0.3) is 0 Å². The Labute approximate surface area is 157 Å². The van der Waals surface area contributed by atoms with Gasteiger partial charge in [-0.1, -0.05) is 0 Å². The third-order valence-corrected chi connectivity index (χ3v) is 7.53. The Hall–Kier alpha value is -1.42. The van der Waals surface area contributed by atoms with E-state index in [1.807, 2.05) is 6.07 Å². The average molecular weight is 361 g/mol. The van der Waals surface area contributed by atoms with E-state index in [0.29, 0.717) is 17.2 Å². The van der Waals surface area contributed by atoms with Crippen molar-refractivity contribution in [2.45, 2.75) is 58.0 Å². The second-order valence-electron chi connectivity index (χ2n) is 9.00. The maximum atomic E-state index is 5.67. The molecule has 4 fully saturated rings. The zero-order valence-corrected chi connectivity index (χ0v) is 16.7.